The van der Waals surface area contributed by atoms with E-state index in [2.05, 4.69) is 4.98 Å². The smallest absolute Gasteiger partial charge is 0.320 e. The van der Waals surface area contributed by atoms with E-state index in [1.165, 1.54) is 0 Å². The Morgan fingerprint density at radius 1 is 1.17 bits per heavy atom. The van der Waals surface area contributed by atoms with E-state index in [4.69, 9.17) is 9.15 Å². The quantitative estimate of drug-likeness (QED) is 0.615. The Morgan fingerprint density at radius 3 is 2.67 bits per heavy atom. The monoisotopic (exact) mass is 406 g/mol. The van der Waals surface area contributed by atoms with Crippen LogP contribution in [0.4, 0.5) is 0 Å². The van der Waals surface area contributed by atoms with Crippen LogP contribution in [0.15, 0.2) is 59.0 Å². The summed E-state index contributed by atoms with van der Waals surface area (Å²) in [5, 5.41) is 9.43. The zero-order valence-electron chi connectivity index (χ0n) is 17.1. The molecule has 1 aliphatic heterocycles. The van der Waals surface area contributed by atoms with Crippen molar-refractivity contribution in [2.24, 2.45) is 0 Å². The van der Waals surface area contributed by atoms with Crippen LogP contribution in [0.2, 0.25) is 0 Å². The number of likely N-dealkylation sites (tertiary alicyclic amines) is 1. The third-order valence-corrected chi connectivity index (χ3v) is 5.50. The molecule has 0 bridgehead atoms. The van der Waals surface area contributed by atoms with Gasteiger partial charge in [0.2, 0.25) is 5.89 Å². The second-order valence-corrected chi connectivity index (χ2v) is 7.64. The summed E-state index contributed by atoms with van der Waals surface area (Å²) >= 11 is 0. The number of carbonyl (C=O) groups is 1. The van der Waals surface area contributed by atoms with Gasteiger partial charge in [0.25, 0.3) is 0 Å². The zero-order valence-corrected chi connectivity index (χ0v) is 17.1. The van der Waals surface area contributed by atoms with Gasteiger partial charge in [-0.3, -0.25) is 9.69 Å². The lowest BCUT2D eigenvalue weighted by molar-refractivity contribution is -0.144. The van der Waals surface area contributed by atoms with Gasteiger partial charge in [0.15, 0.2) is 0 Å². The van der Waals surface area contributed by atoms with E-state index in [1.807, 2.05) is 66.4 Å². The first-order valence-electron chi connectivity index (χ1n) is 10.3. The van der Waals surface area contributed by atoms with Gasteiger partial charge in [-0.2, -0.15) is 0 Å². The summed E-state index contributed by atoms with van der Waals surface area (Å²) in [6, 6.07) is 17.2. The average Bonchev–Trinajstić information content (AvgIpc) is 3.15. The summed E-state index contributed by atoms with van der Waals surface area (Å²) in [6.45, 7) is 3.68. The molecule has 0 aliphatic carbocycles. The molecule has 3 aromatic rings. The summed E-state index contributed by atoms with van der Waals surface area (Å²) in [5.74, 6) is 1.36. The second-order valence-electron chi connectivity index (χ2n) is 7.64. The van der Waals surface area contributed by atoms with Gasteiger partial charge >= 0.3 is 5.97 Å². The van der Waals surface area contributed by atoms with E-state index in [9.17, 15) is 9.90 Å². The molecule has 1 saturated heterocycles. The molecule has 30 heavy (non-hydrogen) atoms. The molecule has 2 heterocycles. The van der Waals surface area contributed by atoms with Crippen molar-refractivity contribution in [3.63, 3.8) is 0 Å². The molecular weight excluding hydrogens is 380 g/mol. The number of aliphatic carboxylic acids is 1. The van der Waals surface area contributed by atoms with Crippen LogP contribution in [0.5, 0.6) is 5.75 Å². The topological polar surface area (TPSA) is 75.8 Å². The number of hydrogen-bond acceptors (Lipinski definition) is 5. The standard InChI is InChI=1S/C24H26N2O4/c1-17-21(25-23(30-17)19-7-3-2-4-8-19)16-29-20-12-10-18(11-13-20)15-26-14-6-5-9-22(26)24(27)28/h2-4,7-8,10-13,22H,5-6,9,14-16H2,1H3,(H,27,28)/t22-/m1/s1. The number of aromatic nitrogens is 1. The number of carboxylic acid groups (broad SMARTS) is 1. The van der Waals surface area contributed by atoms with Crippen LogP contribution in [0.25, 0.3) is 11.5 Å². The fraction of sp³-hybridized carbons (Fsp3) is 0.333. The molecule has 0 spiro atoms. The third kappa shape index (κ3) is 4.71. The molecule has 0 unspecified atom stereocenters. The fourth-order valence-corrected chi connectivity index (χ4v) is 3.80. The molecule has 2 aromatic carbocycles. The summed E-state index contributed by atoms with van der Waals surface area (Å²) in [6.07, 6.45) is 2.75. The molecule has 1 N–H and O–H groups in total. The van der Waals surface area contributed by atoms with Gasteiger partial charge < -0.3 is 14.3 Å². The molecule has 1 fully saturated rings. The van der Waals surface area contributed by atoms with Crippen LogP contribution in [-0.2, 0) is 17.9 Å². The van der Waals surface area contributed by atoms with Gasteiger partial charge in [-0.15, -0.1) is 0 Å². The van der Waals surface area contributed by atoms with Crippen molar-refractivity contribution in [1.82, 2.24) is 9.88 Å². The van der Waals surface area contributed by atoms with Crippen molar-refractivity contribution in [3.8, 4) is 17.2 Å². The number of piperidine rings is 1. The van der Waals surface area contributed by atoms with Crippen molar-refractivity contribution >= 4 is 5.97 Å². The van der Waals surface area contributed by atoms with E-state index >= 15 is 0 Å². The van der Waals surface area contributed by atoms with Gasteiger partial charge in [0.05, 0.1) is 0 Å². The van der Waals surface area contributed by atoms with Crippen molar-refractivity contribution in [2.45, 2.75) is 45.4 Å². The molecule has 6 heteroatoms. The maximum atomic E-state index is 11.5. The predicted octanol–water partition coefficient (Wildman–Crippen LogP) is 4.67. The van der Waals surface area contributed by atoms with Crippen LogP contribution in [0.3, 0.4) is 0 Å². The first-order chi connectivity index (χ1) is 14.6. The van der Waals surface area contributed by atoms with E-state index in [0.29, 0.717) is 19.0 Å². The number of aryl methyl sites for hydroxylation is 1. The van der Waals surface area contributed by atoms with Crippen LogP contribution < -0.4 is 4.74 Å². The predicted molar refractivity (Wildman–Crippen MR) is 113 cm³/mol. The summed E-state index contributed by atoms with van der Waals surface area (Å²) in [5.41, 5.74) is 2.80. The SMILES string of the molecule is Cc1oc(-c2ccccc2)nc1COc1ccc(CN2CCCC[C@@H]2C(=O)O)cc1. The molecule has 0 amide bonds. The summed E-state index contributed by atoms with van der Waals surface area (Å²) < 4.78 is 11.7. The van der Waals surface area contributed by atoms with Crippen LogP contribution in [-0.4, -0.2) is 33.5 Å². The second kappa shape index (κ2) is 9.13. The first-order valence-corrected chi connectivity index (χ1v) is 10.3. The van der Waals surface area contributed by atoms with Crippen molar-refractivity contribution < 1.29 is 19.1 Å². The molecular formula is C24H26N2O4. The van der Waals surface area contributed by atoms with Crippen molar-refractivity contribution in [3.05, 3.63) is 71.6 Å². The number of hydrogen-bond donors (Lipinski definition) is 1. The number of ether oxygens (including phenoxy) is 1. The van der Waals surface area contributed by atoms with Crippen LogP contribution in [0.1, 0.15) is 36.3 Å². The van der Waals surface area contributed by atoms with Gasteiger partial charge in [-0.25, -0.2) is 4.98 Å². The Bertz CT molecular complexity index is 982. The number of oxazole rings is 1. The fourth-order valence-electron chi connectivity index (χ4n) is 3.80. The number of benzene rings is 2. The molecule has 1 aromatic heterocycles. The molecule has 0 saturated carbocycles. The van der Waals surface area contributed by atoms with E-state index in [1.54, 1.807) is 0 Å². The van der Waals surface area contributed by atoms with E-state index < -0.39 is 5.97 Å². The Labute approximate surface area is 176 Å². The van der Waals surface area contributed by atoms with E-state index in [-0.39, 0.29) is 6.04 Å². The summed E-state index contributed by atoms with van der Waals surface area (Å²) in [4.78, 5) is 18.1. The maximum Gasteiger partial charge on any atom is 0.320 e. The van der Waals surface area contributed by atoms with Crippen molar-refractivity contribution in [1.29, 1.82) is 0 Å². The number of rotatable bonds is 7. The lowest BCUT2D eigenvalue weighted by Crippen LogP contribution is -2.43. The highest BCUT2D eigenvalue weighted by Crippen LogP contribution is 2.24. The lowest BCUT2D eigenvalue weighted by Gasteiger charge is -2.32. The normalized spacial score (nSPS) is 17.0. The highest BCUT2D eigenvalue weighted by Gasteiger charge is 2.28. The highest BCUT2D eigenvalue weighted by atomic mass is 16.5. The van der Waals surface area contributed by atoms with E-state index in [0.717, 1.165) is 54.1 Å². The Hall–Kier alpha value is -3.12. The summed E-state index contributed by atoms with van der Waals surface area (Å²) in [7, 11) is 0. The zero-order chi connectivity index (χ0) is 20.9. The van der Waals surface area contributed by atoms with Gasteiger partial charge in [-0.05, 0) is 56.1 Å². The minimum Gasteiger partial charge on any atom is -0.487 e. The average molecular weight is 406 g/mol. The molecule has 4 rings (SSSR count). The number of nitrogens with zero attached hydrogens (tertiary/aromatic N) is 2. The third-order valence-electron chi connectivity index (χ3n) is 5.50. The Balaban J connectivity index is 1.36. The first kappa shape index (κ1) is 20.2. The minimum absolute atomic E-state index is 0.328. The molecule has 0 radical (unpaired) electrons. The largest absolute Gasteiger partial charge is 0.487 e. The maximum absolute atomic E-state index is 11.5. The molecule has 6 nitrogen and oxygen atoms in total. The van der Waals surface area contributed by atoms with Crippen LogP contribution in [0, 0.1) is 6.92 Å². The van der Waals surface area contributed by atoms with Gasteiger partial charge in [0, 0.05) is 12.1 Å². The van der Waals surface area contributed by atoms with Gasteiger partial charge in [-0.1, -0.05) is 36.8 Å². The number of carboxylic acids is 1. The Morgan fingerprint density at radius 2 is 1.93 bits per heavy atom. The highest BCUT2D eigenvalue weighted by molar-refractivity contribution is 5.73. The van der Waals surface area contributed by atoms with Crippen LogP contribution >= 0.6 is 0 Å². The molecule has 156 valence electrons. The minimum atomic E-state index is -0.729. The molecule has 1 atom stereocenters. The van der Waals surface area contributed by atoms with Crippen molar-refractivity contribution in [2.75, 3.05) is 6.54 Å². The van der Waals surface area contributed by atoms with Gasteiger partial charge in [0.1, 0.15) is 29.9 Å². The Kier molecular flexibility index (Phi) is 6.14. The molecule has 1 aliphatic rings. The lowest BCUT2D eigenvalue weighted by atomic mass is 10.0.